The molecule has 19 heavy (non-hydrogen) atoms. The third-order valence-electron chi connectivity index (χ3n) is 2.57. The minimum Gasteiger partial charge on any atom is -0.496 e. The molecule has 5 heteroatoms. The first-order valence-electron chi connectivity index (χ1n) is 5.60. The van der Waals surface area contributed by atoms with Crippen molar-refractivity contribution in [2.75, 3.05) is 18.2 Å². The highest BCUT2D eigenvalue weighted by molar-refractivity contribution is 6.31. The fraction of sp³-hybridized carbons (Fsp3) is 0.0714. The highest BCUT2D eigenvalue weighted by atomic mass is 35.5. The zero-order chi connectivity index (χ0) is 13.8. The molecule has 0 aliphatic carbocycles. The Morgan fingerprint density at radius 3 is 2.53 bits per heavy atom. The Morgan fingerprint density at radius 2 is 1.89 bits per heavy atom. The van der Waals surface area contributed by atoms with Gasteiger partial charge in [-0.3, -0.25) is 4.79 Å². The number of carbonyl (C=O) groups excluding carboxylic acids is 1. The van der Waals surface area contributed by atoms with Gasteiger partial charge in [-0.25, -0.2) is 0 Å². The van der Waals surface area contributed by atoms with Crippen LogP contribution in [-0.2, 0) is 0 Å². The predicted octanol–water partition coefficient (Wildman–Crippen LogP) is 3.18. The molecule has 0 saturated heterocycles. The van der Waals surface area contributed by atoms with E-state index in [0.717, 1.165) is 0 Å². The van der Waals surface area contributed by atoms with Crippen molar-refractivity contribution in [2.24, 2.45) is 0 Å². The zero-order valence-electron chi connectivity index (χ0n) is 10.3. The summed E-state index contributed by atoms with van der Waals surface area (Å²) in [5.74, 6) is 0.182. The average molecular weight is 277 g/mol. The molecular weight excluding hydrogens is 264 g/mol. The molecule has 0 unspecified atom stereocenters. The van der Waals surface area contributed by atoms with Gasteiger partial charge in [0, 0.05) is 16.4 Å². The van der Waals surface area contributed by atoms with Crippen LogP contribution in [0, 0.1) is 0 Å². The number of nitrogens with two attached hydrogens (primary N) is 1. The van der Waals surface area contributed by atoms with Crippen LogP contribution in [0.1, 0.15) is 10.4 Å². The molecule has 0 aromatic heterocycles. The number of rotatable bonds is 3. The molecule has 0 saturated carbocycles. The molecule has 0 radical (unpaired) electrons. The molecule has 0 fully saturated rings. The number of methoxy groups -OCH3 is 1. The number of anilines is 2. The Bertz CT molecular complexity index is 597. The summed E-state index contributed by atoms with van der Waals surface area (Å²) < 4.78 is 5.14. The number of ether oxygens (including phenoxy) is 1. The van der Waals surface area contributed by atoms with E-state index in [1.54, 1.807) is 42.5 Å². The molecule has 1 amide bonds. The quantitative estimate of drug-likeness (QED) is 0.846. The Kier molecular flexibility index (Phi) is 3.92. The molecule has 2 aromatic carbocycles. The molecule has 0 spiro atoms. The van der Waals surface area contributed by atoms with Gasteiger partial charge in [0.1, 0.15) is 5.75 Å². The summed E-state index contributed by atoms with van der Waals surface area (Å²) in [6.45, 7) is 0. The van der Waals surface area contributed by atoms with Gasteiger partial charge in [-0.15, -0.1) is 0 Å². The number of hydrogen-bond acceptors (Lipinski definition) is 3. The van der Waals surface area contributed by atoms with Gasteiger partial charge in [-0.2, -0.15) is 0 Å². The lowest BCUT2D eigenvalue weighted by Crippen LogP contribution is -2.13. The van der Waals surface area contributed by atoms with E-state index in [-0.39, 0.29) is 5.91 Å². The van der Waals surface area contributed by atoms with Crippen molar-refractivity contribution in [1.29, 1.82) is 0 Å². The summed E-state index contributed by atoms with van der Waals surface area (Å²) in [5.41, 5.74) is 7.26. The van der Waals surface area contributed by atoms with Crippen LogP contribution in [0.2, 0.25) is 5.02 Å². The van der Waals surface area contributed by atoms with E-state index in [1.807, 2.05) is 0 Å². The number of hydrogen-bond donors (Lipinski definition) is 2. The fourth-order valence-corrected chi connectivity index (χ4v) is 1.79. The molecule has 0 aliphatic heterocycles. The molecular formula is C14H13ClN2O2. The van der Waals surface area contributed by atoms with Crippen molar-refractivity contribution in [3.05, 3.63) is 53.1 Å². The minimum atomic E-state index is -0.288. The first-order chi connectivity index (χ1) is 9.10. The maximum atomic E-state index is 12.1. The Hall–Kier alpha value is -2.20. The fourth-order valence-electron chi connectivity index (χ4n) is 1.62. The summed E-state index contributed by atoms with van der Waals surface area (Å²) >= 11 is 5.89. The Morgan fingerprint density at radius 1 is 1.21 bits per heavy atom. The van der Waals surface area contributed by atoms with Crippen LogP contribution in [0.25, 0.3) is 0 Å². The van der Waals surface area contributed by atoms with E-state index in [9.17, 15) is 4.79 Å². The minimum absolute atomic E-state index is 0.288. The smallest absolute Gasteiger partial charge is 0.259 e. The van der Waals surface area contributed by atoms with Crippen LogP contribution in [0.4, 0.5) is 11.4 Å². The molecule has 3 N–H and O–H groups in total. The van der Waals surface area contributed by atoms with Gasteiger partial charge in [-0.05, 0) is 42.5 Å². The van der Waals surface area contributed by atoms with E-state index in [0.29, 0.717) is 27.7 Å². The van der Waals surface area contributed by atoms with Crippen molar-refractivity contribution >= 4 is 28.9 Å². The monoisotopic (exact) mass is 276 g/mol. The van der Waals surface area contributed by atoms with Gasteiger partial charge in [0.15, 0.2) is 0 Å². The third-order valence-corrected chi connectivity index (χ3v) is 2.81. The summed E-state index contributed by atoms with van der Waals surface area (Å²) in [4.78, 5) is 12.1. The van der Waals surface area contributed by atoms with Gasteiger partial charge in [-0.1, -0.05) is 11.6 Å². The molecule has 0 bridgehead atoms. The summed E-state index contributed by atoms with van der Waals surface area (Å²) in [6.07, 6.45) is 0. The van der Waals surface area contributed by atoms with Crippen LogP contribution in [-0.4, -0.2) is 13.0 Å². The van der Waals surface area contributed by atoms with Crippen molar-refractivity contribution in [3.63, 3.8) is 0 Å². The number of nitrogens with one attached hydrogen (secondary N) is 1. The predicted molar refractivity (Wildman–Crippen MR) is 76.8 cm³/mol. The topological polar surface area (TPSA) is 64.3 Å². The van der Waals surface area contributed by atoms with Crippen molar-refractivity contribution < 1.29 is 9.53 Å². The maximum Gasteiger partial charge on any atom is 0.259 e. The molecule has 4 nitrogen and oxygen atoms in total. The second-order valence-electron chi connectivity index (χ2n) is 3.92. The summed E-state index contributed by atoms with van der Waals surface area (Å²) in [6, 6.07) is 11.8. The van der Waals surface area contributed by atoms with Gasteiger partial charge < -0.3 is 15.8 Å². The highest BCUT2D eigenvalue weighted by Crippen LogP contribution is 2.23. The number of halogens is 1. The van der Waals surface area contributed by atoms with Crippen LogP contribution in [0.3, 0.4) is 0 Å². The van der Waals surface area contributed by atoms with Crippen molar-refractivity contribution in [1.82, 2.24) is 0 Å². The van der Waals surface area contributed by atoms with E-state index in [4.69, 9.17) is 22.1 Å². The maximum absolute atomic E-state index is 12.1. The second kappa shape index (κ2) is 5.63. The average Bonchev–Trinajstić information content (AvgIpc) is 2.41. The van der Waals surface area contributed by atoms with Crippen molar-refractivity contribution in [2.45, 2.75) is 0 Å². The SMILES string of the molecule is COc1ccc(Cl)cc1C(=O)Nc1ccc(N)cc1. The number of benzene rings is 2. The number of amides is 1. The molecule has 0 atom stereocenters. The summed E-state index contributed by atoms with van der Waals surface area (Å²) in [7, 11) is 1.50. The summed E-state index contributed by atoms with van der Waals surface area (Å²) in [5, 5.41) is 3.23. The Labute approximate surface area is 116 Å². The van der Waals surface area contributed by atoms with Crippen LogP contribution in [0.15, 0.2) is 42.5 Å². The molecule has 2 rings (SSSR count). The largest absolute Gasteiger partial charge is 0.496 e. The molecule has 0 aliphatic rings. The van der Waals surface area contributed by atoms with Gasteiger partial charge in [0.25, 0.3) is 5.91 Å². The van der Waals surface area contributed by atoms with E-state index in [2.05, 4.69) is 5.32 Å². The van der Waals surface area contributed by atoms with Crippen LogP contribution < -0.4 is 15.8 Å². The second-order valence-corrected chi connectivity index (χ2v) is 4.36. The normalized spacial score (nSPS) is 10.0. The van der Waals surface area contributed by atoms with E-state index in [1.165, 1.54) is 7.11 Å². The lowest BCUT2D eigenvalue weighted by atomic mass is 10.2. The van der Waals surface area contributed by atoms with Gasteiger partial charge >= 0.3 is 0 Å². The zero-order valence-corrected chi connectivity index (χ0v) is 11.1. The first kappa shape index (κ1) is 13.2. The third kappa shape index (κ3) is 3.17. The van der Waals surface area contributed by atoms with Crippen LogP contribution in [0.5, 0.6) is 5.75 Å². The molecule has 98 valence electrons. The van der Waals surface area contributed by atoms with Crippen LogP contribution >= 0.6 is 11.6 Å². The number of nitrogen functional groups attached to an aromatic ring is 1. The lowest BCUT2D eigenvalue weighted by molar-refractivity contribution is 0.102. The standard InChI is InChI=1S/C14H13ClN2O2/c1-19-13-7-2-9(15)8-12(13)14(18)17-11-5-3-10(16)4-6-11/h2-8H,16H2,1H3,(H,17,18). The molecule has 0 heterocycles. The van der Waals surface area contributed by atoms with E-state index >= 15 is 0 Å². The van der Waals surface area contributed by atoms with Crippen molar-refractivity contribution in [3.8, 4) is 5.75 Å². The number of carbonyl (C=O) groups is 1. The highest BCUT2D eigenvalue weighted by Gasteiger charge is 2.13. The van der Waals surface area contributed by atoms with E-state index < -0.39 is 0 Å². The molecule has 2 aromatic rings. The first-order valence-corrected chi connectivity index (χ1v) is 5.98. The van der Waals surface area contributed by atoms with Gasteiger partial charge in [0.2, 0.25) is 0 Å². The lowest BCUT2D eigenvalue weighted by Gasteiger charge is -2.09. The van der Waals surface area contributed by atoms with Gasteiger partial charge in [0.05, 0.1) is 12.7 Å². The Balaban J connectivity index is 2.24.